The Morgan fingerprint density at radius 2 is 1.64 bits per heavy atom. The molecule has 1 aromatic heterocycles. The lowest BCUT2D eigenvalue weighted by atomic mass is 9.64. The monoisotopic (exact) mass is 502 g/mol. The molecule has 4 atom stereocenters. The molecule has 3 N–H and O–H groups in total. The molecule has 1 heterocycles. The van der Waals surface area contributed by atoms with E-state index in [0.29, 0.717) is 22.3 Å². The van der Waals surface area contributed by atoms with Crippen LogP contribution >= 0.6 is 0 Å². The molecule has 4 nitrogen and oxygen atoms in total. The second-order valence-corrected chi connectivity index (χ2v) is 9.28. The van der Waals surface area contributed by atoms with Crippen LogP contribution in [0.4, 0.5) is 27.6 Å². The maximum Gasteiger partial charge on any atom is 0.419 e. The minimum Gasteiger partial charge on any atom is -0.505 e. The number of rotatable bonds is 3. The van der Waals surface area contributed by atoms with E-state index in [2.05, 4.69) is 5.32 Å². The Morgan fingerprint density at radius 3 is 2.31 bits per heavy atom. The van der Waals surface area contributed by atoms with Gasteiger partial charge in [-0.3, -0.25) is 0 Å². The molecule has 0 fully saturated rings. The van der Waals surface area contributed by atoms with Gasteiger partial charge in [-0.2, -0.15) is 13.2 Å². The molecule has 188 valence electrons. The van der Waals surface area contributed by atoms with Gasteiger partial charge in [-0.25, -0.2) is 8.78 Å². The molecular formula is C27H23F5N2O2. The van der Waals surface area contributed by atoms with Gasteiger partial charge in [-0.1, -0.05) is 26.0 Å². The summed E-state index contributed by atoms with van der Waals surface area (Å²) in [5, 5.41) is 25.1. The average molecular weight is 502 g/mol. The van der Waals surface area contributed by atoms with Gasteiger partial charge in [-0.15, -0.1) is 0 Å². The molecule has 1 aliphatic rings. The zero-order valence-electron chi connectivity index (χ0n) is 19.3. The maximum atomic E-state index is 14.5. The SMILES string of the molecule is CC1c2c(ccc(F)c2O)C(Nc2cccc3c2ccn3-c2ccc(F)cc2)C(O)(C(F)(F)F)C1C. The van der Waals surface area contributed by atoms with Gasteiger partial charge in [0.2, 0.25) is 0 Å². The van der Waals surface area contributed by atoms with Crippen LogP contribution in [-0.4, -0.2) is 26.6 Å². The zero-order chi connectivity index (χ0) is 26.0. The lowest BCUT2D eigenvalue weighted by Crippen LogP contribution is -2.60. The molecule has 5 rings (SSSR count). The number of phenols is 1. The molecule has 1 aliphatic carbocycles. The highest BCUT2D eigenvalue weighted by atomic mass is 19.4. The van der Waals surface area contributed by atoms with E-state index in [1.54, 1.807) is 47.2 Å². The van der Waals surface area contributed by atoms with E-state index >= 15 is 0 Å². The fourth-order valence-electron chi connectivity index (χ4n) is 5.34. The van der Waals surface area contributed by atoms with Crippen molar-refractivity contribution in [1.82, 2.24) is 4.57 Å². The van der Waals surface area contributed by atoms with E-state index in [-0.39, 0.29) is 11.1 Å². The van der Waals surface area contributed by atoms with Crippen LogP contribution in [0.2, 0.25) is 0 Å². The summed E-state index contributed by atoms with van der Waals surface area (Å²) in [7, 11) is 0. The number of hydrogen-bond acceptors (Lipinski definition) is 3. The molecular weight excluding hydrogens is 479 g/mol. The van der Waals surface area contributed by atoms with E-state index < -0.39 is 47.0 Å². The molecule has 3 aromatic carbocycles. The van der Waals surface area contributed by atoms with Gasteiger partial charge in [0, 0.05) is 34.4 Å². The van der Waals surface area contributed by atoms with Crippen LogP contribution in [0.1, 0.15) is 36.9 Å². The summed E-state index contributed by atoms with van der Waals surface area (Å²) in [5.74, 6) is -4.44. The number of nitrogens with zero attached hydrogens (tertiary/aromatic N) is 1. The minimum atomic E-state index is -5.03. The number of alkyl halides is 3. The third kappa shape index (κ3) is 3.44. The van der Waals surface area contributed by atoms with Gasteiger partial charge in [-0.05, 0) is 60.0 Å². The quantitative estimate of drug-likeness (QED) is 0.270. The van der Waals surface area contributed by atoms with Gasteiger partial charge >= 0.3 is 6.18 Å². The van der Waals surface area contributed by atoms with Gasteiger partial charge in [0.15, 0.2) is 17.2 Å². The van der Waals surface area contributed by atoms with E-state index in [1.807, 2.05) is 0 Å². The van der Waals surface area contributed by atoms with Gasteiger partial charge < -0.3 is 20.1 Å². The molecule has 0 amide bonds. The third-order valence-corrected chi connectivity index (χ3v) is 7.44. The van der Waals surface area contributed by atoms with Gasteiger partial charge in [0.1, 0.15) is 5.82 Å². The predicted octanol–water partition coefficient (Wildman–Crippen LogP) is 6.81. The zero-order valence-corrected chi connectivity index (χ0v) is 19.3. The number of benzene rings is 3. The Bertz CT molecular complexity index is 1450. The molecule has 0 saturated carbocycles. The summed E-state index contributed by atoms with van der Waals surface area (Å²) < 4.78 is 72.8. The number of phenolic OH excluding ortho intramolecular Hbond substituents is 1. The Hall–Kier alpha value is -3.59. The first-order chi connectivity index (χ1) is 16.9. The van der Waals surface area contributed by atoms with Crippen LogP contribution in [0.25, 0.3) is 16.6 Å². The van der Waals surface area contributed by atoms with Crippen molar-refractivity contribution < 1.29 is 32.2 Å². The second-order valence-electron chi connectivity index (χ2n) is 9.28. The minimum absolute atomic E-state index is 0.0324. The fourth-order valence-corrected chi connectivity index (χ4v) is 5.34. The molecule has 0 bridgehead atoms. The van der Waals surface area contributed by atoms with Crippen molar-refractivity contribution in [3.05, 3.63) is 89.6 Å². The molecule has 0 aliphatic heterocycles. The van der Waals surface area contributed by atoms with E-state index in [4.69, 9.17) is 0 Å². The Morgan fingerprint density at radius 1 is 0.944 bits per heavy atom. The lowest BCUT2D eigenvalue weighted by molar-refractivity contribution is -0.289. The fraction of sp³-hybridized carbons (Fsp3) is 0.259. The van der Waals surface area contributed by atoms with E-state index in [1.165, 1.54) is 32.0 Å². The van der Waals surface area contributed by atoms with Gasteiger partial charge in [0.05, 0.1) is 11.6 Å². The van der Waals surface area contributed by atoms with Crippen LogP contribution in [0.15, 0.2) is 66.9 Å². The first-order valence-electron chi connectivity index (χ1n) is 11.4. The van der Waals surface area contributed by atoms with Crippen molar-refractivity contribution in [2.24, 2.45) is 5.92 Å². The normalized spacial score (nSPS) is 24.1. The number of fused-ring (bicyclic) bond motifs is 2. The number of nitrogens with one attached hydrogen (secondary N) is 1. The van der Waals surface area contributed by atoms with Crippen molar-refractivity contribution >= 4 is 16.6 Å². The highest BCUT2D eigenvalue weighted by Crippen LogP contribution is 2.57. The number of anilines is 1. The van der Waals surface area contributed by atoms with E-state index in [0.717, 1.165) is 6.07 Å². The summed E-state index contributed by atoms with van der Waals surface area (Å²) >= 11 is 0. The second kappa shape index (κ2) is 8.23. The van der Waals surface area contributed by atoms with E-state index in [9.17, 15) is 32.2 Å². The molecule has 0 saturated heterocycles. The summed E-state index contributed by atoms with van der Waals surface area (Å²) in [5.41, 5.74) is -1.62. The van der Waals surface area contributed by atoms with Crippen LogP contribution in [-0.2, 0) is 0 Å². The largest absolute Gasteiger partial charge is 0.505 e. The van der Waals surface area contributed by atoms with Gasteiger partial charge in [0.25, 0.3) is 0 Å². The molecule has 4 unspecified atom stereocenters. The number of aromatic nitrogens is 1. The number of halogens is 5. The first kappa shape index (κ1) is 24.1. The van der Waals surface area contributed by atoms with Crippen LogP contribution < -0.4 is 5.32 Å². The van der Waals surface area contributed by atoms with Crippen molar-refractivity contribution in [3.8, 4) is 11.4 Å². The Balaban J connectivity index is 1.68. The Labute approximate surface area is 203 Å². The van der Waals surface area contributed by atoms with Crippen LogP contribution in [0.5, 0.6) is 5.75 Å². The average Bonchev–Trinajstić information content (AvgIpc) is 3.27. The Kier molecular flexibility index (Phi) is 5.51. The first-order valence-corrected chi connectivity index (χ1v) is 11.4. The standard InChI is InChI=1S/C27H23F5N2O2/c1-14-15(2)26(36,27(30,31)32)25(19-10-11-20(29)24(35)23(14)19)33-21-4-3-5-22-18(21)12-13-34(22)17-8-6-16(28)7-9-17/h3-15,25,33,35-36H,1-2H3. The van der Waals surface area contributed by atoms with Crippen molar-refractivity contribution in [1.29, 1.82) is 0 Å². The molecule has 0 spiro atoms. The number of aromatic hydroxyl groups is 1. The smallest absolute Gasteiger partial charge is 0.419 e. The topological polar surface area (TPSA) is 57.4 Å². The highest BCUT2D eigenvalue weighted by Gasteiger charge is 2.65. The van der Waals surface area contributed by atoms with Crippen LogP contribution in [0, 0.1) is 17.6 Å². The molecule has 4 aromatic rings. The summed E-state index contributed by atoms with van der Waals surface area (Å²) in [6.07, 6.45) is -3.33. The summed E-state index contributed by atoms with van der Waals surface area (Å²) in [6.45, 7) is 2.67. The maximum absolute atomic E-state index is 14.5. The highest BCUT2D eigenvalue weighted by molar-refractivity contribution is 5.93. The van der Waals surface area contributed by atoms with Crippen molar-refractivity contribution in [3.63, 3.8) is 0 Å². The predicted molar refractivity (Wildman–Crippen MR) is 126 cm³/mol. The molecule has 36 heavy (non-hydrogen) atoms. The van der Waals surface area contributed by atoms with Crippen LogP contribution in [0.3, 0.4) is 0 Å². The molecule has 0 radical (unpaired) electrons. The number of hydrogen-bond donors (Lipinski definition) is 3. The summed E-state index contributed by atoms with van der Waals surface area (Å²) in [6, 6.07) is 12.8. The molecule has 9 heteroatoms. The van der Waals surface area contributed by atoms with Crippen molar-refractivity contribution in [2.75, 3.05) is 5.32 Å². The number of aliphatic hydroxyl groups is 1. The van der Waals surface area contributed by atoms with Crippen molar-refractivity contribution in [2.45, 2.75) is 37.6 Å². The lowest BCUT2D eigenvalue weighted by Gasteiger charge is -2.49. The third-order valence-electron chi connectivity index (χ3n) is 7.44. The summed E-state index contributed by atoms with van der Waals surface area (Å²) in [4.78, 5) is 0.